The van der Waals surface area contributed by atoms with Crippen LogP contribution in [0.15, 0.2) is 12.1 Å². The Morgan fingerprint density at radius 1 is 1.57 bits per heavy atom. The maximum atomic E-state index is 10.6. The van der Waals surface area contributed by atoms with E-state index in [0.29, 0.717) is 12.4 Å². The minimum atomic E-state index is -0.586. The van der Waals surface area contributed by atoms with Gasteiger partial charge in [0.1, 0.15) is 5.82 Å². The largest absolute Gasteiger partial charge is 0.364 e. The highest BCUT2D eigenvalue weighted by Gasteiger charge is 2.01. The van der Waals surface area contributed by atoms with Crippen molar-refractivity contribution in [1.29, 1.82) is 0 Å². The lowest BCUT2D eigenvalue weighted by Gasteiger charge is -1.99. The third-order valence-corrected chi connectivity index (χ3v) is 1.45. The molecule has 0 aliphatic rings. The first kappa shape index (κ1) is 9.99. The summed E-state index contributed by atoms with van der Waals surface area (Å²) in [7, 11) is 0. The van der Waals surface area contributed by atoms with Gasteiger partial charge in [0.05, 0.1) is 6.54 Å². The summed E-state index contributed by atoms with van der Waals surface area (Å²) >= 11 is 0. The van der Waals surface area contributed by atoms with Crippen molar-refractivity contribution in [2.45, 2.75) is 6.92 Å². The van der Waals surface area contributed by atoms with Gasteiger partial charge in [0.2, 0.25) is 0 Å². The van der Waals surface area contributed by atoms with Gasteiger partial charge in [0.15, 0.2) is 5.69 Å². The van der Waals surface area contributed by atoms with Crippen molar-refractivity contribution >= 4 is 11.7 Å². The number of carbonyl (C=O) groups excluding carboxylic acids is 1. The first-order valence-corrected chi connectivity index (χ1v) is 4.01. The Hall–Kier alpha value is -2.09. The molecule has 0 spiro atoms. The first-order valence-electron chi connectivity index (χ1n) is 4.01. The molecule has 0 fully saturated rings. The molecule has 5 heteroatoms. The van der Waals surface area contributed by atoms with Gasteiger partial charge in [-0.2, -0.15) is 0 Å². The lowest BCUT2D eigenvalue weighted by atomic mass is 10.4. The third-order valence-electron chi connectivity index (χ3n) is 1.45. The van der Waals surface area contributed by atoms with Gasteiger partial charge in [-0.1, -0.05) is 5.92 Å². The van der Waals surface area contributed by atoms with Crippen LogP contribution in [-0.4, -0.2) is 22.6 Å². The zero-order valence-corrected chi connectivity index (χ0v) is 7.74. The molecule has 0 unspecified atom stereocenters. The second kappa shape index (κ2) is 4.82. The maximum Gasteiger partial charge on any atom is 0.269 e. The molecule has 0 saturated carbocycles. The van der Waals surface area contributed by atoms with Crippen LogP contribution in [0.1, 0.15) is 17.4 Å². The number of nitrogens with two attached hydrogens (primary N) is 1. The van der Waals surface area contributed by atoms with Gasteiger partial charge in [-0.25, -0.2) is 0 Å². The van der Waals surface area contributed by atoms with E-state index in [-0.39, 0.29) is 5.69 Å². The number of hydrogen-bond donors (Lipinski definition) is 2. The normalized spacial score (nSPS) is 8.64. The molecule has 0 saturated heterocycles. The summed E-state index contributed by atoms with van der Waals surface area (Å²) in [5, 5.41) is 10.3. The number of carbonyl (C=O) groups is 1. The predicted octanol–water partition coefficient (Wildman–Crippen LogP) is 0.0107. The fraction of sp³-hybridized carbons (Fsp3) is 0.222. The molecule has 1 aromatic rings. The summed E-state index contributed by atoms with van der Waals surface area (Å²) in [5.41, 5.74) is 5.15. The van der Waals surface area contributed by atoms with Gasteiger partial charge >= 0.3 is 0 Å². The third kappa shape index (κ3) is 2.75. The molecule has 1 rings (SSSR count). The summed E-state index contributed by atoms with van der Waals surface area (Å²) in [4.78, 5) is 10.6. The molecule has 0 bridgehead atoms. The van der Waals surface area contributed by atoms with E-state index in [1.165, 1.54) is 6.07 Å². The smallest absolute Gasteiger partial charge is 0.269 e. The number of amides is 1. The van der Waals surface area contributed by atoms with Crippen LogP contribution in [0.3, 0.4) is 0 Å². The molecule has 1 aromatic heterocycles. The van der Waals surface area contributed by atoms with Crippen LogP contribution < -0.4 is 11.1 Å². The highest BCUT2D eigenvalue weighted by Crippen LogP contribution is 2.00. The van der Waals surface area contributed by atoms with Gasteiger partial charge in [0.25, 0.3) is 5.91 Å². The Kier molecular flexibility index (Phi) is 3.44. The molecule has 0 atom stereocenters. The summed E-state index contributed by atoms with van der Waals surface area (Å²) in [5.74, 6) is 5.53. The highest BCUT2D eigenvalue weighted by molar-refractivity contribution is 5.90. The highest BCUT2D eigenvalue weighted by atomic mass is 16.1. The maximum absolute atomic E-state index is 10.6. The van der Waals surface area contributed by atoms with Gasteiger partial charge in [-0.05, 0) is 19.1 Å². The van der Waals surface area contributed by atoms with Gasteiger partial charge in [0, 0.05) is 0 Å². The van der Waals surface area contributed by atoms with Gasteiger partial charge in [-0.3, -0.25) is 4.79 Å². The van der Waals surface area contributed by atoms with Crippen LogP contribution in [-0.2, 0) is 0 Å². The standard InChI is InChI=1S/C9H10N4O/c1-2-3-6-11-8-5-4-7(9(10)14)12-13-8/h4-5H,6H2,1H3,(H2,10,14)(H,11,13). The van der Waals surface area contributed by atoms with Crippen molar-refractivity contribution in [1.82, 2.24) is 10.2 Å². The van der Waals surface area contributed by atoms with Crippen molar-refractivity contribution in [3.63, 3.8) is 0 Å². The van der Waals surface area contributed by atoms with E-state index >= 15 is 0 Å². The molecule has 14 heavy (non-hydrogen) atoms. The molecule has 0 aliphatic heterocycles. The number of rotatable bonds is 3. The predicted molar refractivity (Wildman–Crippen MR) is 52.5 cm³/mol. The molecule has 72 valence electrons. The summed E-state index contributed by atoms with van der Waals surface area (Å²) in [6.07, 6.45) is 0. The quantitative estimate of drug-likeness (QED) is 0.658. The lowest BCUT2D eigenvalue weighted by Crippen LogP contribution is -2.14. The van der Waals surface area contributed by atoms with E-state index in [0.717, 1.165) is 0 Å². The topological polar surface area (TPSA) is 80.9 Å². The average molecular weight is 190 g/mol. The zero-order valence-electron chi connectivity index (χ0n) is 7.74. The van der Waals surface area contributed by atoms with E-state index < -0.39 is 5.91 Å². The van der Waals surface area contributed by atoms with Crippen LogP contribution in [0.5, 0.6) is 0 Å². The number of aromatic nitrogens is 2. The number of nitrogens with zero attached hydrogens (tertiary/aromatic N) is 2. The van der Waals surface area contributed by atoms with E-state index in [4.69, 9.17) is 5.73 Å². The van der Waals surface area contributed by atoms with Crippen LogP contribution in [0.4, 0.5) is 5.82 Å². The van der Waals surface area contributed by atoms with Crippen molar-refractivity contribution in [2.24, 2.45) is 5.73 Å². The Labute approximate surface area is 81.7 Å². The van der Waals surface area contributed by atoms with Crippen molar-refractivity contribution in [3.8, 4) is 11.8 Å². The van der Waals surface area contributed by atoms with Crippen molar-refractivity contribution < 1.29 is 4.79 Å². The van der Waals surface area contributed by atoms with Crippen LogP contribution in [0.2, 0.25) is 0 Å². The second-order valence-corrected chi connectivity index (χ2v) is 2.45. The fourth-order valence-corrected chi connectivity index (χ4v) is 0.781. The molecule has 1 amide bonds. The Morgan fingerprint density at radius 3 is 2.86 bits per heavy atom. The summed E-state index contributed by atoms with van der Waals surface area (Å²) < 4.78 is 0. The van der Waals surface area contributed by atoms with Crippen LogP contribution in [0, 0.1) is 11.8 Å². The number of primary amides is 1. The SMILES string of the molecule is CC#CCNc1ccc(C(N)=O)nn1. The minimum absolute atomic E-state index is 0.150. The van der Waals surface area contributed by atoms with E-state index in [9.17, 15) is 4.79 Å². The zero-order chi connectivity index (χ0) is 10.4. The Balaban J connectivity index is 2.62. The fourth-order valence-electron chi connectivity index (χ4n) is 0.781. The Bertz CT molecular complexity index is 374. The monoisotopic (exact) mass is 190 g/mol. The second-order valence-electron chi connectivity index (χ2n) is 2.45. The van der Waals surface area contributed by atoms with Crippen molar-refractivity contribution in [2.75, 3.05) is 11.9 Å². The van der Waals surface area contributed by atoms with Crippen LogP contribution >= 0.6 is 0 Å². The van der Waals surface area contributed by atoms with Gasteiger partial charge < -0.3 is 11.1 Å². The number of anilines is 1. The Morgan fingerprint density at radius 2 is 2.36 bits per heavy atom. The lowest BCUT2D eigenvalue weighted by molar-refractivity contribution is 0.0994. The van der Waals surface area contributed by atoms with E-state index in [1.54, 1.807) is 13.0 Å². The molecule has 0 radical (unpaired) electrons. The number of nitrogens with one attached hydrogen (secondary N) is 1. The molecule has 0 aliphatic carbocycles. The van der Waals surface area contributed by atoms with Gasteiger partial charge in [-0.15, -0.1) is 16.1 Å². The van der Waals surface area contributed by atoms with E-state index in [1.807, 2.05) is 0 Å². The molecular weight excluding hydrogens is 180 g/mol. The summed E-state index contributed by atoms with van der Waals surface area (Å²) in [6.45, 7) is 2.25. The van der Waals surface area contributed by atoms with Crippen LogP contribution in [0.25, 0.3) is 0 Å². The van der Waals surface area contributed by atoms with E-state index in [2.05, 4.69) is 27.4 Å². The molecule has 0 aromatic carbocycles. The average Bonchev–Trinajstić information content (AvgIpc) is 2.19. The first-order chi connectivity index (χ1) is 6.74. The molecular formula is C9H10N4O. The summed E-state index contributed by atoms with van der Waals surface area (Å²) in [6, 6.07) is 3.14. The minimum Gasteiger partial charge on any atom is -0.364 e. The van der Waals surface area contributed by atoms with Crippen molar-refractivity contribution in [3.05, 3.63) is 17.8 Å². The molecule has 1 heterocycles. The molecule has 3 N–H and O–H groups in total. The number of hydrogen-bond acceptors (Lipinski definition) is 4. The molecule has 5 nitrogen and oxygen atoms in total.